The number of urea groups is 1. The van der Waals surface area contributed by atoms with Crippen molar-refractivity contribution >= 4 is 35.9 Å². The first kappa shape index (κ1) is 18.7. The molecule has 2 heterocycles. The van der Waals surface area contributed by atoms with Gasteiger partial charge < -0.3 is 16.0 Å². The number of amides is 4. The molecule has 8 heteroatoms. The molecule has 1 aromatic rings. The molecule has 0 bridgehead atoms. The van der Waals surface area contributed by atoms with Gasteiger partial charge >= 0.3 is 6.03 Å². The summed E-state index contributed by atoms with van der Waals surface area (Å²) >= 11 is 0. The second-order valence-corrected chi connectivity index (χ2v) is 7.47. The van der Waals surface area contributed by atoms with Crippen molar-refractivity contribution in [2.45, 2.75) is 31.7 Å². The Morgan fingerprint density at radius 2 is 1.96 bits per heavy atom. The first-order valence-electron chi connectivity index (χ1n) is 8.69. The van der Waals surface area contributed by atoms with Crippen LogP contribution < -0.4 is 21.3 Å². The van der Waals surface area contributed by atoms with E-state index >= 15 is 0 Å². The molecule has 140 valence electrons. The second-order valence-electron chi connectivity index (χ2n) is 7.47. The minimum absolute atomic E-state index is 0. The van der Waals surface area contributed by atoms with E-state index in [1.807, 2.05) is 0 Å². The Morgan fingerprint density at radius 3 is 2.62 bits per heavy atom. The lowest BCUT2D eigenvalue weighted by Crippen LogP contribution is -2.40. The minimum Gasteiger partial charge on any atom is -0.326 e. The van der Waals surface area contributed by atoms with Crippen LogP contribution in [0.25, 0.3) is 0 Å². The van der Waals surface area contributed by atoms with E-state index < -0.39 is 17.5 Å². The lowest BCUT2D eigenvalue weighted by molar-refractivity contribution is -0.123. The number of piperidine rings is 1. The Hall–Kier alpha value is -2.12. The molecule has 2 aliphatic heterocycles. The molecule has 4 amide bonds. The normalized spacial score (nSPS) is 28.7. The predicted molar refractivity (Wildman–Crippen MR) is 99.0 cm³/mol. The van der Waals surface area contributed by atoms with Gasteiger partial charge in [-0.1, -0.05) is 12.1 Å². The standard InChI is InChI=1S/C18H22N4O3.ClH/c1-17(15(24)21-16(25)22-17)11-3-2-4-12(9-11)20-14(23)13-10-18(13)5-7-19-8-6-18;/h2-4,9,13,19H,5-8,10H2,1H3,(H,20,23)(H2,21,22,24,25);1H. The van der Waals surface area contributed by atoms with Gasteiger partial charge in [-0.15, -0.1) is 12.4 Å². The monoisotopic (exact) mass is 378 g/mol. The fourth-order valence-electron chi connectivity index (χ4n) is 4.08. The lowest BCUT2D eigenvalue weighted by atomic mass is 9.91. The fraction of sp³-hybridized carbons (Fsp3) is 0.500. The maximum atomic E-state index is 12.6. The molecule has 1 saturated carbocycles. The van der Waals surface area contributed by atoms with Crippen molar-refractivity contribution in [3.05, 3.63) is 29.8 Å². The van der Waals surface area contributed by atoms with Gasteiger partial charge in [0.15, 0.2) is 0 Å². The number of halogens is 1. The fourth-order valence-corrected chi connectivity index (χ4v) is 4.08. The van der Waals surface area contributed by atoms with E-state index in [9.17, 15) is 14.4 Å². The Kier molecular flexibility index (Phi) is 4.71. The molecule has 4 N–H and O–H groups in total. The van der Waals surface area contributed by atoms with E-state index in [0.29, 0.717) is 11.3 Å². The molecule has 3 aliphatic rings. The number of hydrogen-bond donors (Lipinski definition) is 4. The predicted octanol–water partition coefficient (Wildman–Crippen LogP) is 1.49. The number of anilines is 1. The topological polar surface area (TPSA) is 99.3 Å². The summed E-state index contributed by atoms with van der Waals surface area (Å²) in [5.74, 6) is -0.274. The van der Waals surface area contributed by atoms with E-state index in [1.54, 1.807) is 31.2 Å². The number of carbonyl (C=O) groups is 3. The summed E-state index contributed by atoms with van der Waals surface area (Å²) in [4.78, 5) is 36.1. The van der Waals surface area contributed by atoms with E-state index in [2.05, 4.69) is 21.3 Å². The quantitative estimate of drug-likeness (QED) is 0.599. The number of imide groups is 1. The summed E-state index contributed by atoms with van der Waals surface area (Å²) in [6, 6.07) is 6.60. The molecule has 3 fully saturated rings. The summed E-state index contributed by atoms with van der Waals surface area (Å²) in [6.45, 7) is 3.61. The van der Waals surface area contributed by atoms with Gasteiger partial charge in [0.05, 0.1) is 0 Å². The molecule has 2 unspecified atom stereocenters. The van der Waals surface area contributed by atoms with Crippen molar-refractivity contribution < 1.29 is 14.4 Å². The number of rotatable bonds is 3. The van der Waals surface area contributed by atoms with E-state index in [0.717, 1.165) is 32.4 Å². The third-order valence-electron chi connectivity index (χ3n) is 5.86. The van der Waals surface area contributed by atoms with Crippen molar-refractivity contribution in [2.24, 2.45) is 11.3 Å². The van der Waals surface area contributed by atoms with Crippen LogP contribution in [-0.4, -0.2) is 30.9 Å². The van der Waals surface area contributed by atoms with Crippen molar-refractivity contribution in [3.8, 4) is 0 Å². The molecule has 0 aromatic heterocycles. The summed E-state index contributed by atoms with van der Waals surface area (Å²) < 4.78 is 0. The van der Waals surface area contributed by atoms with Crippen LogP contribution in [0.4, 0.5) is 10.5 Å². The van der Waals surface area contributed by atoms with Gasteiger partial charge in [0.25, 0.3) is 5.91 Å². The van der Waals surface area contributed by atoms with Gasteiger partial charge in [-0.3, -0.25) is 14.9 Å². The Bertz CT molecular complexity index is 763. The Morgan fingerprint density at radius 1 is 1.23 bits per heavy atom. The largest absolute Gasteiger partial charge is 0.326 e. The molecular formula is C18H23ClN4O3. The summed E-state index contributed by atoms with van der Waals surface area (Å²) in [7, 11) is 0. The molecule has 1 spiro atoms. The highest BCUT2D eigenvalue weighted by atomic mass is 35.5. The van der Waals surface area contributed by atoms with Crippen LogP contribution in [0, 0.1) is 11.3 Å². The van der Waals surface area contributed by atoms with Crippen LogP contribution in [0.2, 0.25) is 0 Å². The maximum absolute atomic E-state index is 12.6. The van der Waals surface area contributed by atoms with Crippen molar-refractivity contribution in [2.75, 3.05) is 18.4 Å². The van der Waals surface area contributed by atoms with Crippen LogP contribution >= 0.6 is 12.4 Å². The Labute approximate surface area is 158 Å². The van der Waals surface area contributed by atoms with Crippen LogP contribution in [0.3, 0.4) is 0 Å². The summed E-state index contributed by atoms with van der Waals surface area (Å²) in [5, 5.41) is 11.2. The van der Waals surface area contributed by atoms with E-state index in [4.69, 9.17) is 0 Å². The summed E-state index contributed by atoms with van der Waals surface area (Å²) in [6.07, 6.45) is 3.06. The summed E-state index contributed by atoms with van der Waals surface area (Å²) in [5.41, 5.74) is 0.348. The van der Waals surface area contributed by atoms with Crippen LogP contribution in [-0.2, 0) is 15.1 Å². The molecule has 2 saturated heterocycles. The molecule has 2 atom stereocenters. The highest BCUT2D eigenvalue weighted by molar-refractivity contribution is 6.07. The van der Waals surface area contributed by atoms with Crippen LogP contribution in [0.5, 0.6) is 0 Å². The molecule has 1 aliphatic carbocycles. The zero-order chi connectivity index (χ0) is 17.7. The average Bonchev–Trinajstić information content (AvgIpc) is 3.20. The van der Waals surface area contributed by atoms with E-state index in [1.165, 1.54) is 0 Å². The first-order chi connectivity index (χ1) is 11.9. The van der Waals surface area contributed by atoms with E-state index in [-0.39, 0.29) is 29.6 Å². The smallest absolute Gasteiger partial charge is 0.322 e. The van der Waals surface area contributed by atoms with Crippen molar-refractivity contribution in [3.63, 3.8) is 0 Å². The number of carbonyl (C=O) groups excluding carboxylic acids is 3. The molecular weight excluding hydrogens is 356 g/mol. The molecule has 1 aromatic carbocycles. The number of hydrogen-bond acceptors (Lipinski definition) is 4. The van der Waals surface area contributed by atoms with Gasteiger partial charge in [0, 0.05) is 11.6 Å². The van der Waals surface area contributed by atoms with Gasteiger partial charge in [-0.05, 0) is 62.4 Å². The number of benzene rings is 1. The van der Waals surface area contributed by atoms with Gasteiger partial charge in [0.1, 0.15) is 5.54 Å². The lowest BCUT2D eigenvalue weighted by Gasteiger charge is -2.23. The zero-order valence-corrected chi connectivity index (χ0v) is 15.4. The third-order valence-corrected chi connectivity index (χ3v) is 5.86. The molecule has 0 radical (unpaired) electrons. The van der Waals surface area contributed by atoms with Crippen LogP contribution in [0.1, 0.15) is 31.7 Å². The van der Waals surface area contributed by atoms with Crippen molar-refractivity contribution in [1.82, 2.24) is 16.0 Å². The highest BCUT2D eigenvalue weighted by Gasteiger charge is 2.57. The molecule has 7 nitrogen and oxygen atoms in total. The van der Waals surface area contributed by atoms with Crippen LogP contribution in [0.15, 0.2) is 24.3 Å². The maximum Gasteiger partial charge on any atom is 0.322 e. The minimum atomic E-state index is -1.12. The Balaban J connectivity index is 0.00000196. The van der Waals surface area contributed by atoms with Gasteiger partial charge in [0.2, 0.25) is 5.91 Å². The molecule has 26 heavy (non-hydrogen) atoms. The SMILES string of the molecule is CC1(c2cccc(NC(=O)C3CC34CCNCC4)c2)NC(=O)NC1=O.Cl. The number of nitrogens with one attached hydrogen (secondary N) is 4. The average molecular weight is 379 g/mol. The molecule has 4 rings (SSSR count). The highest BCUT2D eigenvalue weighted by Crippen LogP contribution is 2.58. The first-order valence-corrected chi connectivity index (χ1v) is 8.69. The second kappa shape index (κ2) is 6.55. The van der Waals surface area contributed by atoms with Crippen molar-refractivity contribution in [1.29, 1.82) is 0 Å². The zero-order valence-electron chi connectivity index (χ0n) is 14.6. The third kappa shape index (κ3) is 3.05. The van der Waals surface area contributed by atoms with Gasteiger partial charge in [-0.2, -0.15) is 0 Å². The van der Waals surface area contributed by atoms with Gasteiger partial charge in [-0.25, -0.2) is 4.79 Å².